The first-order chi connectivity index (χ1) is 16.2. The Kier molecular flexibility index (Phi) is 9.80. The number of carbonyl (C=O) groups excluding carboxylic acids is 1. The highest BCUT2D eigenvalue weighted by Crippen LogP contribution is 2.24. The second-order valence-corrected chi connectivity index (χ2v) is 8.78. The normalized spacial score (nSPS) is 11.0. The zero-order valence-corrected chi connectivity index (χ0v) is 20.6. The smallest absolute Gasteiger partial charge is 0.251 e. The van der Waals surface area contributed by atoms with Crippen molar-refractivity contribution in [3.63, 3.8) is 0 Å². The third kappa shape index (κ3) is 7.08. The van der Waals surface area contributed by atoms with Gasteiger partial charge in [0.1, 0.15) is 11.6 Å². The number of hydrogen-bond acceptors (Lipinski definition) is 7. The number of carbonyl (C=O) groups is 1. The van der Waals surface area contributed by atoms with Gasteiger partial charge >= 0.3 is 0 Å². The van der Waals surface area contributed by atoms with Crippen molar-refractivity contribution in [2.24, 2.45) is 0 Å². The number of anilines is 1. The van der Waals surface area contributed by atoms with Crippen molar-refractivity contribution in [1.82, 2.24) is 25.1 Å². The molecule has 0 unspecified atom stereocenters. The molecule has 2 aromatic heterocycles. The van der Waals surface area contributed by atoms with E-state index in [1.165, 1.54) is 0 Å². The van der Waals surface area contributed by atoms with Gasteiger partial charge in [-0.15, -0.1) is 0 Å². The van der Waals surface area contributed by atoms with Crippen LogP contribution in [0, 0.1) is 0 Å². The molecule has 0 spiro atoms. The molecule has 2 heterocycles. The summed E-state index contributed by atoms with van der Waals surface area (Å²) >= 11 is 1.64. The number of aromatic nitrogens is 4. The molecule has 3 aromatic rings. The Morgan fingerprint density at radius 1 is 1.06 bits per heavy atom. The van der Waals surface area contributed by atoms with Crippen LogP contribution in [0.25, 0.3) is 11.0 Å². The molecule has 0 saturated heterocycles. The van der Waals surface area contributed by atoms with E-state index in [9.17, 15) is 4.79 Å². The summed E-state index contributed by atoms with van der Waals surface area (Å²) in [6, 6.07) is 7.25. The van der Waals surface area contributed by atoms with Crippen molar-refractivity contribution in [3.8, 4) is 5.75 Å². The number of nitrogens with one attached hydrogen (secondary N) is 2. The van der Waals surface area contributed by atoms with Crippen LogP contribution in [0.3, 0.4) is 0 Å². The fraction of sp³-hybridized carbons (Fsp3) is 0.500. The van der Waals surface area contributed by atoms with Crippen molar-refractivity contribution >= 4 is 34.5 Å². The molecule has 0 fully saturated rings. The summed E-state index contributed by atoms with van der Waals surface area (Å²) in [5, 5.41) is 12.5. The minimum atomic E-state index is -0.120. The highest BCUT2D eigenvalue weighted by atomic mass is 32.2. The molecular weight excluding hydrogens is 436 g/mol. The van der Waals surface area contributed by atoms with Gasteiger partial charge in [-0.3, -0.25) is 4.79 Å². The van der Waals surface area contributed by atoms with Crippen LogP contribution in [0.15, 0.2) is 35.6 Å². The minimum Gasteiger partial charge on any atom is -0.494 e. The minimum absolute atomic E-state index is 0.120. The van der Waals surface area contributed by atoms with E-state index < -0.39 is 0 Å². The van der Waals surface area contributed by atoms with Crippen LogP contribution in [0.4, 0.5) is 5.82 Å². The van der Waals surface area contributed by atoms with Crippen molar-refractivity contribution in [2.75, 3.05) is 30.8 Å². The number of rotatable bonds is 14. The van der Waals surface area contributed by atoms with Crippen molar-refractivity contribution in [2.45, 2.75) is 58.2 Å². The van der Waals surface area contributed by atoms with Crippen LogP contribution >= 0.6 is 11.8 Å². The maximum atomic E-state index is 12.5. The Hall–Kier alpha value is -2.81. The van der Waals surface area contributed by atoms with Gasteiger partial charge in [-0.05, 0) is 43.5 Å². The van der Waals surface area contributed by atoms with Crippen molar-refractivity contribution in [1.29, 1.82) is 0 Å². The number of amides is 1. The number of thioether (sulfide) groups is 1. The molecule has 0 atom stereocenters. The van der Waals surface area contributed by atoms with Crippen molar-refractivity contribution < 1.29 is 9.53 Å². The topological polar surface area (TPSA) is 94.0 Å². The Labute approximate surface area is 199 Å². The van der Waals surface area contributed by atoms with Gasteiger partial charge in [0.05, 0.1) is 24.7 Å². The standard InChI is InChI=1S/C24H34N6O2S/c1-4-7-15-32-19-10-8-18(9-11-19)23(31)26-13-14-30-22-20(17-27-30)21(25-12-5-2)28-24(29-22)33-16-6-3/h8-11,17H,4-7,12-16H2,1-3H3,(H,26,31)(H,25,28,29). The third-order valence-electron chi connectivity index (χ3n) is 4.95. The van der Waals surface area contributed by atoms with Gasteiger partial charge in [0.2, 0.25) is 0 Å². The lowest BCUT2D eigenvalue weighted by atomic mass is 10.2. The van der Waals surface area contributed by atoms with Crippen LogP contribution < -0.4 is 15.4 Å². The summed E-state index contributed by atoms with van der Waals surface area (Å²) in [5.41, 5.74) is 1.39. The molecule has 0 aliphatic heterocycles. The SMILES string of the molecule is CCCCOc1ccc(C(=O)NCCn2ncc3c(NCCC)nc(SCCC)nc32)cc1. The molecule has 33 heavy (non-hydrogen) atoms. The first-order valence-corrected chi connectivity index (χ1v) is 12.8. The van der Waals surface area contributed by atoms with E-state index in [-0.39, 0.29) is 5.91 Å². The quantitative estimate of drug-likeness (QED) is 0.199. The number of hydrogen-bond donors (Lipinski definition) is 2. The zero-order chi connectivity index (χ0) is 23.5. The molecule has 9 heteroatoms. The van der Waals surface area contributed by atoms with Crippen LogP contribution in [-0.2, 0) is 6.54 Å². The Balaban J connectivity index is 1.62. The Morgan fingerprint density at radius 3 is 2.61 bits per heavy atom. The van der Waals surface area contributed by atoms with Crippen LogP contribution in [0.5, 0.6) is 5.75 Å². The number of ether oxygens (including phenoxy) is 1. The average molecular weight is 471 g/mol. The first-order valence-electron chi connectivity index (χ1n) is 11.8. The van der Waals surface area contributed by atoms with Gasteiger partial charge in [-0.2, -0.15) is 5.10 Å². The van der Waals surface area contributed by atoms with Gasteiger partial charge in [-0.1, -0.05) is 39.0 Å². The summed E-state index contributed by atoms with van der Waals surface area (Å²) < 4.78 is 7.49. The monoisotopic (exact) mass is 470 g/mol. The molecule has 3 rings (SSSR count). The van der Waals surface area contributed by atoms with Crippen LogP contribution in [0.1, 0.15) is 56.8 Å². The van der Waals surface area contributed by atoms with Gasteiger partial charge in [0, 0.05) is 24.4 Å². The molecule has 1 amide bonds. The summed E-state index contributed by atoms with van der Waals surface area (Å²) in [6.45, 7) is 8.89. The molecule has 0 bridgehead atoms. The number of benzene rings is 1. The van der Waals surface area contributed by atoms with E-state index >= 15 is 0 Å². The zero-order valence-electron chi connectivity index (χ0n) is 19.8. The molecule has 178 valence electrons. The fourth-order valence-corrected chi connectivity index (χ4v) is 3.84. The van der Waals surface area contributed by atoms with E-state index in [4.69, 9.17) is 9.72 Å². The predicted molar refractivity (Wildman–Crippen MR) is 134 cm³/mol. The summed E-state index contributed by atoms with van der Waals surface area (Å²) in [7, 11) is 0. The molecule has 1 aromatic carbocycles. The number of fused-ring (bicyclic) bond motifs is 1. The lowest BCUT2D eigenvalue weighted by Crippen LogP contribution is -2.27. The van der Waals surface area contributed by atoms with Crippen LogP contribution in [0.2, 0.25) is 0 Å². The first kappa shape index (κ1) is 24.8. The Morgan fingerprint density at radius 2 is 1.88 bits per heavy atom. The summed E-state index contributed by atoms with van der Waals surface area (Å²) in [5.74, 6) is 2.44. The number of unbranched alkanes of at least 4 members (excludes halogenated alkanes) is 1. The largest absolute Gasteiger partial charge is 0.494 e. The highest BCUT2D eigenvalue weighted by Gasteiger charge is 2.13. The van der Waals surface area contributed by atoms with E-state index in [0.29, 0.717) is 25.3 Å². The van der Waals surface area contributed by atoms with E-state index in [2.05, 4.69) is 41.5 Å². The summed E-state index contributed by atoms with van der Waals surface area (Å²) in [4.78, 5) is 21.9. The molecule has 0 saturated carbocycles. The molecular formula is C24H34N6O2S. The van der Waals surface area contributed by atoms with Gasteiger partial charge in [0.15, 0.2) is 10.8 Å². The van der Waals surface area contributed by atoms with E-state index in [1.54, 1.807) is 30.1 Å². The lowest BCUT2D eigenvalue weighted by molar-refractivity contribution is 0.0952. The summed E-state index contributed by atoms with van der Waals surface area (Å²) in [6.07, 6.45) is 5.97. The van der Waals surface area contributed by atoms with Crippen LogP contribution in [-0.4, -0.2) is 51.1 Å². The maximum absolute atomic E-state index is 12.5. The molecule has 2 N–H and O–H groups in total. The molecule has 8 nitrogen and oxygen atoms in total. The second-order valence-electron chi connectivity index (χ2n) is 7.72. The fourth-order valence-electron chi connectivity index (χ4n) is 3.15. The van der Waals surface area contributed by atoms with Gasteiger partial charge < -0.3 is 15.4 Å². The van der Waals surface area contributed by atoms with E-state index in [1.807, 2.05) is 16.8 Å². The van der Waals surface area contributed by atoms with Crippen molar-refractivity contribution in [3.05, 3.63) is 36.0 Å². The molecule has 0 radical (unpaired) electrons. The molecule has 0 aliphatic carbocycles. The van der Waals surface area contributed by atoms with E-state index in [0.717, 1.165) is 65.7 Å². The third-order valence-corrected chi connectivity index (χ3v) is 6.00. The van der Waals surface area contributed by atoms with Gasteiger partial charge in [-0.25, -0.2) is 14.6 Å². The second kappa shape index (κ2) is 13.0. The highest BCUT2D eigenvalue weighted by molar-refractivity contribution is 7.99. The maximum Gasteiger partial charge on any atom is 0.251 e. The lowest BCUT2D eigenvalue weighted by Gasteiger charge is -2.10. The van der Waals surface area contributed by atoms with Gasteiger partial charge in [0.25, 0.3) is 5.91 Å². The predicted octanol–water partition coefficient (Wildman–Crippen LogP) is 4.76. The Bertz CT molecular complexity index is 1020. The number of nitrogens with zero attached hydrogens (tertiary/aromatic N) is 4. The average Bonchev–Trinajstić information content (AvgIpc) is 3.24. The molecule has 0 aliphatic rings.